The van der Waals surface area contributed by atoms with Gasteiger partial charge in [0.25, 0.3) is 0 Å². The van der Waals surface area contributed by atoms with Gasteiger partial charge in [0.1, 0.15) is 0 Å². The van der Waals surface area contributed by atoms with Crippen molar-refractivity contribution in [1.82, 2.24) is 0 Å². The van der Waals surface area contributed by atoms with Crippen LogP contribution in [0.5, 0.6) is 0 Å². The lowest BCUT2D eigenvalue weighted by Gasteiger charge is -2.12. The van der Waals surface area contributed by atoms with Crippen LogP contribution in [0.3, 0.4) is 0 Å². The van der Waals surface area contributed by atoms with Gasteiger partial charge in [-0.3, -0.25) is 0 Å². The van der Waals surface area contributed by atoms with Crippen LogP contribution in [0.25, 0.3) is 22.3 Å². The van der Waals surface area contributed by atoms with E-state index in [2.05, 4.69) is 91.5 Å². The molecular weight excluding hydrogens is 295 g/mol. The normalized spacial score (nSPS) is 10.8. The van der Waals surface area contributed by atoms with Gasteiger partial charge in [0.2, 0.25) is 0 Å². The van der Waals surface area contributed by atoms with Crippen molar-refractivity contribution < 1.29 is 0 Å². The van der Waals surface area contributed by atoms with Crippen molar-refractivity contribution in [3.63, 3.8) is 0 Å². The third-order valence-corrected chi connectivity index (χ3v) is 5.30. The van der Waals surface area contributed by atoms with Gasteiger partial charge in [-0.1, -0.05) is 54.6 Å². The molecule has 0 bridgehead atoms. The summed E-state index contributed by atoms with van der Waals surface area (Å²) < 4.78 is 0. The van der Waals surface area contributed by atoms with E-state index >= 15 is 0 Å². The summed E-state index contributed by atoms with van der Waals surface area (Å²) in [7, 11) is 2.79. The molecule has 0 aliphatic rings. The van der Waals surface area contributed by atoms with Gasteiger partial charge in [0.15, 0.2) is 0 Å². The summed E-state index contributed by atoms with van der Waals surface area (Å²) >= 11 is 0. The topological polar surface area (TPSA) is 0 Å². The molecule has 1 heteroatoms. The molecule has 0 aromatic heterocycles. The molecule has 0 N–H and O–H groups in total. The van der Waals surface area contributed by atoms with Crippen molar-refractivity contribution in [3.8, 4) is 22.3 Å². The standard InChI is InChI=1S/C22H23P/c1-14-5-6-20(11-15(14)2)21-9-7-18(12-16(21)3)19-8-10-22(23)17(4)13-19/h5-13H,23H2,1-4H3. The van der Waals surface area contributed by atoms with E-state index in [0.29, 0.717) is 0 Å². The lowest BCUT2D eigenvalue weighted by Crippen LogP contribution is -1.96. The summed E-state index contributed by atoms with van der Waals surface area (Å²) in [6, 6.07) is 20.1. The summed E-state index contributed by atoms with van der Waals surface area (Å²) in [5, 5.41) is 1.26. The first kappa shape index (κ1) is 16.0. The highest BCUT2D eigenvalue weighted by Crippen LogP contribution is 2.30. The van der Waals surface area contributed by atoms with Gasteiger partial charge in [-0.25, -0.2) is 0 Å². The molecule has 23 heavy (non-hydrogen) atoms. The first-order chi connectivity index (χ1) is 11.0. The molecule has 0 amide bonds. The SMILES string of the molecule is Cc1ccc(-c2ccc(-c3ccc(P)c(C)c3)cc2C)cc1C. The van der Waals surface area contributed by atoms with E-state index in [0.717, 1.165) is 0 Å². The summed E-state index contributed by atoms with van der Waals surface area (Å²) in [5.74, 6) is 0. The van der Waals surface area contributed by atoms with Gasteiger partial charge < -0.3 is 0 Å². The van der Waals surface area contributed by atoms with Gasteiger partial charge >= 0.3 is 0 Å². The molecule has 1 unspecified atom stereocenters. The summed E-state index contributed by atoms with van der Waals surface area (Å²) in [6.07, 6.45) is 0. The summed E-state index contributed by atoms with van der Waals surface area (Å²) in [5.41, 5.74) is 10.5. The van der Waals surface area contributed by atoms with Crippen molar-refractivity contribution in [2.75, 3.05) is 0 Å². The van der Waals surface area contributed by atoms with Gasteiger partial charge in [-0.2, -0.15) is 0 Å². The minimum Gasteiger partial charge on any atom is -0.105 e. The quantitative estimate of drug-likeness (QED) is 0.527. The maximum absolute atomic E-state index is 2.79. The number of benzene rings is 3. The second kappa shape index (κ2) is 6.30. The minimum atomic E-state index is 1.26. The van der Waals surface area contributed by atoms with E-state index in [-0.39, 0.29) is 0 Å². The molecule has 0 saturated carbocycles. The predicted octanol–water partition coefficient (Wildman–Crippen LogP) is 5.75. The second-order valence-electron chi connectivity index (χ2n) is 6.40. The van der Waals surface area contributed by atoms with Crippen molar-refractivity contribution in [1.29, 1.82) is 0 Å². The Labute approximate surface area is 141 Å². The first-order valence-corrected chi connectivity index (χ1v) is 8.58. The molecule has 1 atom stereocenters. The second-order valence-corrected chi connectivity index (χ2v) is 7.02. The molecule has 3 aromatic carbocycles. The fraction of sp³-hybridized carbons (Fsp3) is 0.182. The smallest absolute Gasteiger partial charge is 0.0154 e. The molecule has 116 valence electrons. The summed E-state index contributed by atoms with van der Waals surface area (Å²) in [4.78, 5) is 0. The number of hydrogen-bond acceptors (Lipinski definition) is 0. The molecule has 0 aliphatic carbocycles. The Morgan fingerprint density at radius 2 is 1.09 bits per heavy atom. The van der Waals surface area contributed by atoms with E-state index in [1.807, 2.05) is 0 Å². The van der Waals surface area contributed by atoms with Crippen LogP contribution in [0.2, 0.25) is 0 Å². The Hall–Kier alpha value is -1.91. The molecule has 0 fully saturated rings. The number of rotatable bonds is 2. The number of hydrogen-bond donors (Lipinski definition) is 0. The van der Waals surface area contributed by atoms with Crippen LogP contribution < -0.4 is 5.30 Å². The maximum atomic E-state index is 2.79. The minimum absolute atomic E-state index is 1.26. The zero-order valence-electron chi connectivity index (χ0n) is 14.3. The lowest BCUT2D eigenvalue weighted by molar-refractivity contribution is 1.33. The van der Waals surface area contributed by atoms with Crippen LogP contribution in [0.1, 0.15) is 22.3 Å². The summed E-state index contributed by atoms with van der Waals surface area (Å²) in [6.45, 7) is 8.69. The molecule has 0 heterocycles. The zero-order valence-corrected chi connectivity index (χ0v) is 15.4. The average Bonchev–Trinajstić information content (AvgIpc) is 2.53. The van der Waals surface area contributed by atoms with Crippen LogP contribution in [-0.4, -0.2) is 0 Å². The van der Waals surface area contributed by atoms with Gasteiger partial charge in [-0.05, 0) is 77.5 Å². The van der Waals surface area contributed by atoms with E-state index in [9.17, 15) is 0 Å². The molecule has 0 spiro atoms. The molecule has 0 radical (unpaired) electrons. The zero-order chi connectivity index (χ0) is 16.6. The van der Waals surface area contributed by atoms with E-state index in [1.54, 1.807) is 0 Å². The average molecular weight is 318 g/mol. The lowest BCUT2D eigenvalue weighted by atomic mass is 9.93. The molecule has 0 aliphatic heterocycles. The molecular formula is C22H23P. The predicted molar refractivity (Wildman–Crippen MR) is 106 cm³/mol. The van der Waals surface area contributed by atoms with Crippen LogP contribution in [-0.2, 0) is 0 Å². The highest BCUT2D eigenvalue weighted by molar-refractivity contribution is 7.27. The van der Waals surface area contributed by atoms with Crippen LogP contribution in [0.15, 0.2) is 54.6 Å². The maximum Gasteiger partial charge on any atom is -0.0154 e. The van der Waals surface area contributed by atoms with Crippen molar-refractivity contribution in [2.24, 2.45) is 0 Å². The Morgan fingerprint density at radius 1 is 0.522 bits per heavy atom. The number of aryl methyl sites for hydroxylation is 4. The van der Waals surface area contributed by atoms with Crippen LogP contribution in [0, 0.1) is 27.7 Å². The monoisotopic (exact) mass is 318 g/mol. The van der Waals surface area contributed by atoms with Gasteiger partial charge in [0.05, 0.1) is 0 Å². The van der Waals surface area contributed by atoms with Gasteiger partial charge in [-0.15, -0.1) is 9.24 Å². The third-order valence-electron chi connectivity index (χ3n) is 4.65. The Kier molecular flexibility index (Phi) is 4.37. The Bertz CT molecular complexity index is 875. The van der Waals surface area contributed by atoms with Crippen LogP contribution in [0.4, 0.5) is 0 Å². The van der Waals surface area contributed by atoms with Crippen molar-refractivity contribution >= 4 is 14.5 Å². The van der Waals surface area contributed by atoms with Crippen LogP contribution >= 0.6 is 9.24 Å². The van der Waals surface area contributed by atoms with Crippen molar-refractivity contribution in [3.05, 3.63) is 76.9 Å². The van der Waals surface area contributed by atoms with E-state index < -0.39 is 0 Å². The molecule has 3 rings (SSSR count). The molecule has 0 nitrogen and oxygen atoms in total. The van der Waals surface area contributed by atoms with E-state index in [4.69, 9.17) is 0 Å². The molecule has 3 aromatic rings. The van der Waals surface area contributed by atoms with Crippen molar-refractivity contribution in [2.45, 2.75) is 27.7 Å². The fourth-order valence-electron chi connectivity index (χ4n) is 2.93. The Morgan fingerprint density at radius 3 is 1.70 bits per heavy atom. The first-order valence-electron chi connectivity index (χ1n) is 8.00. The Balaban J connectivity index is 2.03. The third kappa shape index (κ3) is 3.23. The van der Waals surface area contributed by atoms with E-state index in [1.165, 1.54) is 49.8 Å². The fourth-order valence-corrected chi connectivity index (χ4v) is 3.11. The molecule has 0 saturated heterocycles. The highest BCUT2D eigenvalue weighted by atomic mass is 31.0. The van der Waals surface area contributed by atoms with Gasteiger partial charge in [0, 0.05) is 0 Å². The highest BCUT2D eigenvalue weighted by Gasteiger charge is 2.06. The largest absolute Gasteiger partial charge is 0.105 e.